The highest BCUT2D eigenvalue weighted by Gasteiger charge is 2.36. The van der Waals surface area contributed by atoms with Crippen molar-refractivity contribution < 1.29 is 27.8 Å². The van der Waals surface area contributed by atoms with Gasteiger partial charge in [0.05, 0.1) is 6.04 Å². The molecule has 154 valence electrons. The molecule has 1 heterocycles. The fourth-order valence-corrected chi connectivity index (χ4v) is 3.73. The number of halogens is 3. The summed E-state index contributed by atoms with van der Waals surface area (Å²) in [5.74, 6) is -2.91. The summed E-state index contributed by atoms with van der Waals surface area (Å²) in [6.45, 7) is 0.0320. The number of carbonyl (C=O) groups is 1. The minimum Gasteiger partial charge on any atom is -0.508 e. The molecule has 1 amide bonds. The van der Waals surface area contributed by atoms with Crippen LogP contribution >= 0.6 is 0 Å². The van der Waals surface area contributed by atoms with Crippen LogP contribution in [0.2, 0.25) is 0 Å². The number of aromatic hydroxyl groups is 1. The number of nitrogens with zero attached hydrogens (tertiary/aromatic N) is 1. The van der Waals surface area contributed by atoms with E-state index in [9.17, 15) is 23.1 Å². The fourth-order valence-electron chi connectivity index (χ4n) is 3.73. The first-order valence-corrected chi connectivity index (χ1v) is 9.38. The highest BCUT2D eigenvalue weighted by Crippen LogP contribution is 2.40. The number of fused-ring (bicyclic) bond motifs is 1. The molecule has 0 saturated heterocycles. The quantitative estimate of drug-likeness (QED) is 0.651. The number of amides is 1. The van der Waals surface area contributed by atoms with Gasteiger partial charge < -0.3 is 9.84 Å². The second-order valence-corrected chi connectivity index (χ2v) is 7.02. The topological polar surface area (TPSA) is 49.8 Å². The van der Waals surface area contributed by atoms with Crippen molar-refractivity contribution in [3.63, 3.8) is 0 Å². The summed E-state index contributed by atoms with van der Waals surface area (Å²) in [4.78, 5) is 14.2. The van der Waals surface area contributed by atoms with Crippen LogP contribution in [0.4, 0.5) is 18.0 Å². The SMILES string of the molecule is O=C(OCc1ccccc1)N1CCc2c(ccc(F)c2F)C1c1cc(F)ccc1O. The van der Waals surface area contributed by atoms with Crippen LogP contribution in [0.1, 0.15) is 28.3 Å². The number of carbonyl (C=O) groups excluding carboxylic acids is 1. The predicted octanol–water partition coefficient (Wildman–Crippen LogP) is 5.09. The van der Waals surface area contributed by atoms with E-state index in [0.29, 0.717) is 0 Å². The molecule has 1 N–H and O–H groups in total. The molecule has 0 fully saturated rings. The Balaban J connectivity index is 1.72. The summed E-state index contributed by atoms with van der Waals surface area (Å²) >= 11 is 0. The zero-order chi connectivity index (χ0) is 21.3. The number of hydrogen-bond acceptors (Lipinski definition) is 3. The molecular weight excluding hydrogens is 395 g/mol. The summed E-state index contributed by atoms with van der Waals surface area (Å²) in [6.07, 6.45) is -0.644. The molecule has 0 radical (unpaired) electrons. The van der Waals surface area contributed by atoms with Crippen LogP contribution in [-0.4, -0.2) is 22.6 Å². The van der Waals surface area contributed by atoms with E-state index >= 15 is 0 Å². The van der Waals surface area contributed by atoms with E-state index in [1.54, 1.807) is 12.1 Å². The van der Waals surface area contributed by atoms with Crippen LogP contribution in [-0.2, 0) is 17.8 Å². The van der Waals surface area contributed by atoms with Crippen LogP contribution in [0, 0.1) is 17.5 Å². The second kappa shape index (κ2) is 8.10. The molecule has 0 saturated carbocycles. The van der Waals surface area contributed by atoms with Crippen molar-refractivity contribution in [2.75, 3.05) is 6.54 Å². The first-order valence-electron chi connectivity index (χ1n) is 9.38. The Morgan fingerprint density at radius 3 is 2.57 bits per heavy atom. The van der Waals surface area contributed by atoms with Crippen LogP contribution < -0.4 is 0 Å². The van der Waals surface area contributed by atoms with Crippen LogP contribution in [0.3, 0.4) is 0 Å². The Hall–Kier alpha value is -3.48. The molecule has 0 spiro atoms. The zero-order valence-electron chi connectivity index (χ0n) is 15.8. The number of hydrogen-bond donors (Lipinski definition) is 1. The zero-order valence-corrected chi connectivity index (χ0v) is 15.8. The lowest BCUT2D eigenvalue weighted by Crippen LogP contribution is -2.41. The fraction of sp³-hybridized carbons (Fsp3) is 0.174. The third-order valence-corrected chi connectivity index (χ3v) is 5.17. The summed E-state index contributed by atoms with van der Waals surface area (Å²) in [5.41, 5.74) is 1.22. The normalized spacial score (nSPS) is 15.6. The van der Waals surface area contributed by atoms with Crippen molar-refractivity contribution in [1.29, 1.82) is 0 Å². The molecule has 0 bridgehead atoms. The van der Waals surface area contributed by atoms with Crippen molar-refractivity contribution in [2.24, 2.45) is 0 Å². The van der Waals surface area contributed by atoms with Gasteiger partial charge in [-0.3, -0.25) is 4.90 Å². The van der Waals surface area contributed by atoms with Gasteiger partial charge in [-0.25, -0.2) is 18.0 Å². The van der Waals surface area contributed by atoms with E-state index in [-0.39, 0.29) is 42.0 Å². The molecular formula is C23H18F3NO3. The number of benzene rings is 3. The maximum absolute atomic E-state index is 14.4. The average Bonchev–Trinajstić information content (AvgIpc) is 2.76. The van der Waals surface area contributed by atoms with Crippen molar-refractivity contribution in [3.05, 3.63) is 100 Å². The van der Waals surface area contributed by atoms with Crippen LogP contribution in [0.15, 0.2) is 60.7 Å². The summed E-state index contributed by atoms with van der Waals surface area (Å²) < 4.78 is 47.5. The van der Waals surface area contributed by atoms with Gasteiger partial charge in [-0.05, 0) is 47.4 Å². The summed E-state index contributed by atoms with van der Waals surface area (Å²) in [7, 11) is 0. The van der Waals surface area contributed by atoms with Crippen molar-refractivity contribution >= 4 is 6.09 Å². The maximum Gasteiger partial charge on any atom is 0.410 e. The highest BCUT2D eigenvalue weighted by molar-refractivity contribution is 5.70. The van der Waals surface area contributed by atoms with Gasteiger partial charge in [-0.15, -0.1) is 0 Å². The third-order valence-electron chi connectivity index (χ3n) is 5.17. The Morgan fingerprint density at radius 2 is 1.80 bits per heavy atom. The van der Waals surface area contributed by atoms with Gasteiger partial charge in [-0.2, -0.15) is 0 Å². The molecule has 3 aromatic rings. The molecule has 1 aliphatic heterocycles. The Bertz CT molecular complexity index is 1090. The summed E-state index contributed by atoms with van der Waals surface area (Å²) in [6, 6.07) is 13.6. The monoisotopic (exact) mass is 413 g/mol. The van der Waals surface area contributed by atoms with E-state index in [4.69, 9.17) is 4.74 Å². The van der Waals surface area contributed by atoms with Gasteiger partial charge in [0.1, 0.15) is 18.2 Å². The number of phenols is 1. The van der Waals surface area contributed by atoms with Crippen molar-refractivity contribution in [3.8, 4) is 5.75 Å². The van der Waals surface area contributed by atoms with E-state index in [0.717, 1.165) is 29.8 Å². The largest absolute Gasteiger partial charge is 0.508 e. The maximum atomic E-state index is 14.4. The summed E-state index contributed by atoms with van der Waals surface area (Å²) in [5, 5.41) is 10.3. The first-order chi connectivity index (χ1) is 14.5. The van der Waals surface area contributed by atoms with Gasteiger partial charge in [0.2, 0.25) is 0 Å². The molecule has 1 atom stereocenters. The average molecular weight is 413 g/mol. The van der Waals surface area contributed by atoms with Crippen LogP contribution in [0.25, 0.3) is 0 Å². The smallest absolute Gasteiger partial charge is 0.410 e. The lowest BCUT2D eigenvalue weighted by atomic mass is 9.87. The molecule has 4 nitrogen and oxygen atoms in total. The van der Waals surface area contributed by atoms with Crippen molar-refractivity contribution in [1.82, 2.24) is 4.90 Å². The van der Waals surface area contributed by atoms with E-state index in [1.807, 2.05) is 18.2 Å². The lowest BCUT2D eigenvalue weighted by Gasteiger charge is -2.37. The number of phenolic OH excluding ortho intramolecular Hbond substituents is 1. The van der Waals surface area contributed by atoms with Crippen molar-refractivity contribution in [2.45, 2.75) is 19.1 Å². The molecule has 1 unspecified atom stereocenters. The molecule has 30 heavy (non-hydrogen) atoms. The van der Waals surface area contributed by atoms with Crippen LogP contribution in [0.5, 0.6) is 5.75 Å². The molecule has 7 heteroatoms. The van der Waals surface area contributed by atoms with Gasteiger partial charge in [0, 0.05) is 12.1 Å². The molecule has 0 aromatic heterocycles. The number of ether oxygens (including phenoxy) is 1. The van der Waals surface area contributed by atoms with Gasteiger partial charge in [0.25, 0.3) is 0 Å². The minimum absolute atomic E-state index is 0.0155. The standard InChI is InChI=1S/C23H18F3NO3/c24-15-6-9-20(28)18(12-15)22-17-7-8-19(25)21(26)16(17)10-11-27(22)23(29)30-13-14-4-2-1-3-5-14/h1-9,12,22,28H,10-11,13H2. The van der Waals surface area contributed by atoms with Gasteiger partial charge in [-0.1, -0.05) is 36.4 Å². The molecule has 4 rings (SSSR count). The van der Waals surface area contributed by atoms with Gasteiger partial charge in [0.15, 0.2) is 11.6 Å². The van der Waals surface area contributed by atoms with E-state index < -0.39 is 29.6 Å². The molecule has 3 aromatic carbocycles. The molecule has 1 aliphatic rings. The highest BCUT2D eigenvalue weighted by atomic mass is 19.2. The third kappa shape index (κ3) is 3.70. The Kier molecular flexibility index (Phi) is 5.35. The van der Waals surface area contributed by atoms with Gasteiger partial charge >= 0.3 is 6.09 Å². The minimum atomic E-state index is -1.03. The first kappa shape index (κ1) is 19.8. The van der Waals surface area contributed by atoms with E-state index in [1.165, 1.54) is 11.0 Å². The number of rotatable bonds is 3. The Morgan fingerprint density at radius 1 is 1.03 bits per heavy atom. The Labute approximate surface area is 171 Å². The lowest BCUT2D eigenvalue weighted by molar-refractivity contribution is 0.0829. The van der Waals surface area contributed by atoms with E-state index in [2.05, 4.69) is 0 Å². The molecule has 0 aliphatic carbocycles. The second-order valence-electron chi connectivity index (χ2n) is 7.02. The predicted molar refractivity (Wildman–Crippen MR) is 103 cm³/mol.